The van der Waals surface area contributed by atoms with Gasteiger partial charge < -0.3 is 18.6 Å². The zero-order chi connectivity index (χ0) is 16.0. The highest BCUT2D eigenvalue weighted by atomic mass is 28.4. The summed E-state index contributed by atoms with van der Waals surface area (Å²) in [6.07, 6.45) is 0.906. The maximum Gasteiger partial charge on any atom is 0.292 e. The minimum Gasteiger partial charge on any atom is -0.520 e. The van der Waals surface area contributed by atoms with E-state index in [0.717, 1.165) is 5.56 Å². The zero-order valence-electron chi connectivity index (χ0n) is 13.6. The van der Waals surface area contributed by atoms with Crippen LogP contribution in [0.15, 0.2) is 12.1 Å². The molecule has 0 bridgehead atoms. The van der Waals surface area contributed by atoms with Gasteiger partial charge in [-0.2, -0.15) is 0 Å². The number of aryl methyl sites for hydroxylation is 1. The second kappa shape index (κ2) is 7.35. The molecule has 0 aliphatic heterocycles. The molecule has 0 atom stereocenters. The van der Waals surface area contributed by atoms with Crippen molar-refractivity contribution in [3.8, 4) is 17.2 Å². The van der Waals surface area contributed by atoms with E-state index in [1.807, 2.05) is 31.8 Å². The van der Waals surface area contributed by atoms with Gasteiger partial charge in [0.25, 0.3) is 5.97 Å². The Kier molecular flexibility index (Phi) is 6.08. The largest absolute Gasteiger partial charge is 0.520 e. The first-order chi connectivity index (χ1) is 9.80. The molecule has 5 nitrogen and oxygen atoms in total. The van der Waals surface area contributed by atoms with Gasteiger partial charge in [-0.15, -0.1) is 0 Å². The molecule has 0 aliphatic rings. The first kappa shape index (κ1) is 17.4. The van der Waals surface area contributed by atoms with E-state index in [9.17, 15) is 4.79 Å². The highest BCUT2D eigenvalue weighted by Crippen LogP contribution is 2.38. The molecule has 0 fully saturated rings. The van der Waals surface area contributed by atoms with Crippen molar-refractivity contribution in [1.82, 2.24) is 0 Å². The fourth-order valence-electron chi connectivity index (χ4n) is 1.92. The van der Waals surface area contributed by atoms with Crippen molar-refractivity contribution in [2.75, 3.05) is 21.3 Å². The van der Waals surface area contributed by atoms with Gasteiger partial charge in [0.1, 0.15) is 0 Å². The predicted molar refractivity (Wildman–Crippen MR) is 83.9 cm³/mol. The average molecular weight is 312 g/mol. The number of rotatable bonds is 7. The Morgan fingerprint density at radius 3 is 1.90 bits per heavy atom. The molecule has 0 amide bonds. The molecular formula is C15H24O5Si. The molecule has 0 spiro atoms. The third-order valence-corrected chi connectivity index (χ3v) is 3.60. The van der Waals surface area contributed by atoms with Crippen LogP contribution in [0.2, 0.25) is 19.6 Å². The minimum atomic E-state index is -1.83. The van der Waals surface area contributed by atoms with Crippen LogP contribution >= 0.6 is 0 Å². The molecule has 1 aromatic rings. The first-order valence-electron chi connectivity index (χ1n) is 6.81. The number of hydrogen-bond acceptors (Lipinski definition) is 5. The van der Waals surface area contributed by atoms with Gasteiger partial charge in [0.15, 0.2) is 11.5 Å². The third-order valence-electron chi connectivity index (χ3n) is 2.76. The molecule has 0 radical (unpaired) electrons. The molecule has 0 aromatic heterocycles. The van der Waals surface area contributed by atoms with Crippen molar-refractivity contribution in [3.63, 3.8) is 0 Å². The topological polar surface area (TPSA) is 54.0 Å². The molecule has 1 rings (SSSR count). The van der Waals surface area contributed by atoms with Crippen molar-refractivity contribution < 1.29 is 23.4 Å². The van der Waals surface area contributed by atoms with Crippen molar-refractivity contribution in [1.29, 1.82) is 0 Å². The molecular weight excluding hydrogens is 288 g/mol. The number of methoxy groups -OCH3 is 3. The van der Waals surface area contributed by atoms with E-state index < -0.39 is 8.32 Å². The molecule has 0 saturated carbocycles. The Labute approximate surface area is 127 Å². The van der Waals surface area contributed by atoms with Crippen molar-refractivity contribution in [2.24, 2.45) is 0 Å². The highest BCUT2D eigenvalue weighted by molar-refractivity contribution is 6.71. The van der Waals surface area contributed by atoms with Crippen LogP contribution in [0.1, 0.15) is 12.0 Å². The van der Waals surface area contributed by atoms with E-state index in [4.69, 9.17) is 18.6 Å². The average Bonchev–Trinajstić information content (AvgIpc) is 2.41. The zero-order valence-corrected chi connectivity index (χ0v) is 14.6. The van der Waals surface area contributed by atoms with Gasteiger partial charge in [0.2, 0.25) is 14.1 Å². The summed E-state index contributed by atoms with van der Waals surface area (Å²) in [5.41, 5.74) is 0.942. The van der Waals surface area contributed by atoms with E-state index in [2.05, 4.69) is 0 Å². The quantitative estimate of drug-likeness (QED) is 0.724. The van der Waals surface area contributed by atoms with Gasteiger partial charge in [-0.05, 0) is 43.8 Å². The minimum absolute atomic E-state index is 0.164. The van der Waals surface area contributed by atoms with Crippen LogP contribution in [0, 0.1) is 0 Å². The summed E-state index contributed by atoms with van der Waals surface area (Å²) in [7, 11) is 2.87. The molecule has 1 aromatic carbocycles. The van der Waals surface area contributed by atoms with Crippen LogP contribution < -0.4 is 14.2 Å². The number of hydrogen-bond donors (Lipinski definition) is 0. The van der Waals surface area contributed by atoms with Gasteiger partial charge in [0.05, 0.1) is 21.3 Å². The van der Waals surface area contributed by atoms with Crippen molar-refractivity contribution >= 4 is 14.3 Å². The lowest BCUT2D eigenvalue weighted by molar-refractivity contribution is -0.135. The molecule has 0 aliphatic carbocycles. The van der Waals surface area contributed by atoms with E-state index in [1.165, 1.54) is 0 Å². The van der Waals surface area contributed by atoms with Gasteiger partial charge in [0, 0.05) is 6.42 Å². The number of carbonyl (C=O) groups is 1. The van der Waals surface area contributed by atoms with Crippen LogP contribution in [-0.2, 0) is 15.6 Å². The second-order valence-electron chi connectivity index (χ2n) is 5.62. The Balaban J connectivity index is 2.82. The monoisotopic (exact) mass is 312 g/mol. The van der Waals surface area contributed by atoms with Crippen LogP contribution in [0.3, 0.4) is 0 Å². The molecule has 0 heterocycles. The maximum absolute atomic E-state index is 11.8. The Morgan fingerprint density at radius 2 is 1.52 bits per heavy atom. The summed E-state index contributed by atoms with van der Waals surface area (Å²) in [4.78, 5) is 11.8. The van der Waals surface area contributed by atoms with Gasteiger partial charge >= 0.3 is 0 Å². The first-order valence-corrected chi connectivity index (χ1v) is 10.2. The summed E-state index contributed by atoms with van der Waals surface area (Å²) in [5, 5.41) is 0. The van der Waals surface area contributed by atoms with Crippen LogP contribution in [0.25, 0.3) is 0 Å². The molecule has 6 heteroatoms. The van der Waals surface area contributed by atoms with Crippen LogP contribution in [0.5, 0.6) is 17.2 Å². The molecule has 0 saturated heterocycles. The lowest BCUT2D eigenvalue weighted by Gasteiger charge is -2.17. The SMILES string of the molecule is COc1cc(CCC(=O)O[Si](C)(C)C)cc(OC)c1OC. The second-order valence-corrected chi connectivity index (χ2v) is 10.0. The fraction of sp³-hybridized carbons (Fsp3) is 0.533. The Hall–Kier alpha value is -1.69. The molecule has 0 N–H and O–H groups in total. The van der Waals surface area contributed by atoms with Crippen molar-refractivity contribution in [3.05, 3.63) is 17.7 Å². The van der Waals surface area contributed by atoms with Gasteiger partial charge in [-0.25, -0.2) is 0 Å². The van der Waals surface area contributed by atoms with E-state index >= 15 is 0 Å². The van der Waals surface area contributed by atoms with Gasteiger partial charge in [-0.1, -0.05) is 0 Å². The maximum atomic E-state index is 11.8. The summed E-state index contributed by atoms with van der Waals surface area (Å²) < 4.78 is 21.3. The number of benzene rings is 1. The predicted octanol–water partition coefficient (Wildman–Crippen LogP) is 3.02. The Morgan fingerprint density at radius 1 is 1.00 bits per heavy atom. The van der Waals surface area contributed by atoms with Crippen LogP contribution in [-0.4, -0.2) is 35.6 Å². The third kappa shape index (κ3) is 5.30. The van der Waals surface area contributed by atoms with E-state index in [0.29, 0.717) is 30.1 Å². The molecule has 21 heavy (non-hydrogen) atoms. The van der Waals surface area contributed by atoms with E-state index in [-0.39, 0.29) is 5.97 Å². The summed E-state index contributed by atoms with van der Waals surface area (Å²) >= 11 is 0. The fourth-order valence-corrected chi connectivity index (χ4v) is 2.70. The standard InChI is InChI=1S/C15H24O5Si/c1-17-12-9-11(10-13(18-2)15(12)19-3)7-8-14(16)20-21(4,5)6/h9-10H,7-8H2,1-6H3. The van der Waals surface area contributed by atoms with Crippen LogP contribution in [0.4, 0.5) is 0 Å². The van der Waals surface area contributed by atoms with Gasteiger partial charge in [-0.3, -0.25) is 4.79 Å². The van der Waals surface area contributed by atoms with Crippen molar-refractivity contribution in [2.45, 2.75) is 32.5 Å². The summed E-state index contributed by atoms with van der Waals surface area (Å²) in [5.74, 6) is 1.56. The number of ether oxygens (including phenoxy) is 3. The Bertz CT molecular complexity index is 468. The normalized spacial score (nSPS) is 11.0. The molecule has 118 valence electrons. The summed E-state index contributed by atoms with van der Waals surface area (Å²) in [6.45, 7) is 5.97. The van der Waals surface area contributed by atoms with E-state index in [1.54, 1.807) is 21.3 Å². The lowest BCUT2D eigenvalue weighted by atomic mass is 10.1. The summed E-state index contributed by atoms with van der Waals surface area (Å²) in [6, 6.07) is 3.70. The number of carbonyl (C=O) groups excluding carboxylic acids is 1. The smallest absolute Gasteiger partial charge is 0.292 e. The lowest BCUT2D eigenvalue weighted by Crippen LogP contribution is -2.29. The highest BCUT2D eigenvalue weighted by Gasteiger charge is 2.20. The molecule has 0 unspecified atom stereocenters.